The fraction of sp³-hybridized carbons (Fsp3) is 0.545. The van der Waals surface area contributed by atoms with Crippen molar-refractivity contribution >= 4 is 5.97 Å². The average Bonchev–Trinajstić information content (AvgIpc) is 2.34. The summed E-state index contributed by atoms with van der Waals surface area (Å²) < 4.78 is 9.72. The van der Waals surface area contributed by atoms with Gasteiger partial charge in [0.2, 0.25) is 6.29 Å². The normalized spacial score (nSPS) is 22.4. The Kier molecular flexibility index (Phi) is 5.14. The fourth-order valence-electron chi connectivity index (χ4n) is 1.34. The number of esters is 1. The molecule has 0 amide bonds. The lowest BCUT2D eigenvalue weighted by atomic mass is 10.0. The van der Waals surface area contributed by atoms with E-state index in [1.54, 1.807) is 6.92 Å². The molecule has 6 nitrogen and oxygen atoms in total. The van der Waals surface area contributed by atoms with Gasteiger partial charge in [-0.25, -0.2) is 0 Å². The average molecular weight is 244 g/mol. The Morgan fingerprint density at radius 2 is 2.35 bits per heavy atom. The van der Waals surface area contributed by atoms with Crippen LogP contribution in [-0.4, -0.2) is 46.4 Å². The molecule has 3 atom stereocenters. The Morgan fingerprint density at radius 1 is 1.65 bits per heavy atom. The van der Waals surface area contributed by atoms with E-state index >= 15 is 0 Å². The van der Waals surface area contributed by atoms with Crippen LogP contribution in [0.1, 0.15) is 13.3 Å². The number of carbonyl (C=O) groups is 1. The topological polar surface area (TPSA) is 96.2 Å². The molecule has 3 N–H and O–H groups in total. The van der Waals surface area contributed by atoms with Crippen LogP contribution in [0.5, 0.6) is 0 Å². The fourth-order valence-corrected chi connectivity index (χ4v) is 1.34. The van der Waals surface area contributed by atoms with Gasteiger partial charge in [0, 0.05) is 12.0 Å². The summed E-state index contributed by atoms with van der Waals surface area (Å²) in [4.78, 5) is 11.2. The third-order valence-electron chi connectivity index (χ3n) is 2.23. The van der Waals surface area contributed by atoms with E-state index in [1.165, 1.54) is 18.4 Å². The van der Waals surface area contributed by atoms with Gasteiger partial charge in [-0.1, -0.05) is 6.92 Å². The lowest BCUT2D eigenvalue weighted by Crippen LogP contribution is -2.36. The molecule has 0 aliphatic carbocycles. The zero-order valence-corrected chi connectivity index (χ0v) is 9.44. The van der Waals surface area contributed by atoms with Crippen LogP contribution >= 0.6 is 0 Å². The van der Waals surface area contributed by atoms with Gasteiger partial charge >= 0.3 is 5.97 Å². The van der Waals surface area contributed by atoms with Gasteiger partial charge in [-0.15, -0.1) is 0 Å². The Bertz CT molecular complexity index is 322. The lowest BCUT2D eigenvalue weighted by molar-refractivity contribution is -0.153. The van der Waals surface area contributed by atoms with Crippen molar-refractivity contribution in [1.82, 2.24) is 0 Å². The molecule has 3 unspecified atom stereocenters. The molecule has 0 aromatic carbocycles. The molecule has 1 rings (SSSR count). The van der Waals surface area contributed by atoms with E-state index in [0.717, 1.165) is 0 Å². The van der Waals surface area contributed by atoms with Crippen molar-refractivity contribution in [3.05, 3.63) is 24.0 Å². The van der Waals surface area contributed by atoms with Gasteiger partial charge in [0.1, 0.15) is 6.10 Å². The van der Waals surface area contributed by atoms with E-state index in [2.05, 4.69) is 0 Å². The summed E-state index contributed by atoms with van der Waals surface area (Å²) in [7, 11) is 0. The van der Waals surface area contributed by atoms with Gasteiger partial charge in [-0.3, -0.25) is 4.79 Å². The van der Waals surface area contributed by atoms with Crippen molar-refractivity contribution < 1.29 is 29.6 Å². The van der Waals surface area contributed by atoms with Crippen LogP contribution in [0.4, 0.5) is 0 Å². The van der Waals surface area contributed by atoms with E-state index in [1.807, 2.05) is 0 Å². The molecule has 96 valence electrons. The number of aliphatic hydroxyl groups is 3. The summed E-state index contributed by atoms with van der Waals surface area (Å²) in [6.07, 6.45) is 0.741. The zero-order chi connectivity index (χ0) is 12.8. The SMILES string of the molecule is CCC(=O)OC(C1=CC(O)OC=C1)C(O)CO. The zero-order valence-electron chi connectivity index (χ0n) is 9.44. The molecule has 0 saturated heterocycles. The second-order valence-corrected chi connectivity index (χ2v) is 3.51. The third-order valence-corrected chi connectivity index (χ3v) is 2.23. The van der Waals surface area contributed by atoms with Crippen molar-refractivity contribution in [3.63, 3.8) is 0 Å². The van der Waals surface area contributed by atoms with Gasteiger partial charge in [0.25, 0.3) is 0 Å². The molecule has 0 saturated carbocycles. The van der Waals surface area contributed by atoms with Gasteiger partial charge < -0.3 is 24.8 Å². The van der Waals surface area contributed by atoms with Crippen molar-refractivity contribution in [2.24, 2.45) is 0 Å². The summed E-state index contributed by atoms with van der Waals surface area (Å²) in [5.41, 5.74) is 0.382. The maximum atomic E-state index is 11.2. The van der Waals surface area contributed by atoms with Gasteiger partial charge in [0.15, 0.2) is 6.10 Å². The van der Waals surface area contributed by atoms with E-state index in [-0.39, 0.29) is 6.42 Å². The molecular formula is C11H16O6. The van der Waals surface area contributed by atoms with E-state index in [9.17, 15) is 15.0 Å². The molecular weight excluding hydrogens is 228 g/mol. The molecule has 1 aliphatic heterocycles. The summed E-state index contributed by atoms with van der Waals surface area (Å²) in [6, 6.07) is 0. The lowest BCUT2D eigenvalue weighted by Gasteiger charge is -2.25. The number of aliphatic hydroxyl groups excluding tert-OH is 3. The summed E-state index contributed by atoms with van der Waals surface area (Å²) >= 11 is 0. The molecule has 0 radical (unpaired) electrons. The minimum Gasteiger partial charge on any atom is -0.469 e. The Labute approximate surface area is 98.8 Å². The maximum absolute atomic E-state index is 11.2. The minimum atomic E-state index is -1.24. The van der Waals surface area contributed by atoms with Crippen LogP contribution < -0.4 is 0 Å². The van der Waals surface area contributed by atoms with Gasteiger partial charge in [-0.2, -0.15) is 0 Å². The van der Waals surface area contributed by atoms with Crippen LogP contribution in [0, 0.1) is 0 Å². The van der Waals surface area contributed by atoms with Gasteiger partial charge in [0.05, 0.1) is 12.9 Å². The van der Waals surface area contributed by atoms with Crippen LogP contribution in [0.25, 0.3) is 0 Å². The highest BCUT2D eigenvalue weighted by atomic mass is 16.6. The molecule has 1 heterocycles. The number of hydrogen-bond acceptors (Lipinski definition) is 6. The Balaban J connectivity index is 2.82. The van der Waals surface area contributed by atoms with Crippen molar-refractivity contribution in [2.45, 2.75) is 31.8 Å². The standard InChI is InChI=1S/C11H16O6/c1-2-9(14)17-11(8(13)6-12)7-3-4-16-10(15)5-7/h3-5,8,10-13,15H,2,6H2,1H3. The molecule has 0 aromatic rings. The van der Waals surface area contributed by atoms with E-state index in [4.69, 9.17) is 14.6 Å². The first kappa shape index (κ1) is 13.7. The van der Waals surface area contributed by atoms with Gasteiger partial charge in [-0.05, 0) is 12.2 Å². The number of rotatable bonds is 5. The first-order chi connectivity index (χ1) is 8.08. The quantitative estimate of drug-likeness (QED) is 0.561. The number of ether oxygens (including phenoxy) is 2. The van der Waals surface area contributed by atoms with Crippen molar-refractivity contribution in [2.75, 3.05) is 6.61 Å². The largest absolute Gasteiger partial charge is 0.469 e. The second kappa shape index (κ2) is 6.39. The molecule has 0 fully saturated rings. The highest BCUT2D eigenvalue weighted by Crippen LogP contribution is 2.18. The summed E-state index contributed by atoms with van der Waals surface area (Å²) in [6.45, 7) is 1.07. The summed E-state index contributed by atoms with van der Waals surface area (Å²) in [5.74, 6) is -0.502. The minimum absolute atomic E-state index is 0.157. The first-order valence-electron chi connectivity index (χ1n) is 5.28. The van der Waals surface area contributed by atoms with Crippen molar-refractivity contribution in [3.8, 4) is 0 Å². The van der Waals surface area contributed by atoms with Crippen LogP contribution in [-0.2, 0) is 14.3 Å². The van der Waals surface area contributed by atoms with E-state index in [0.29, 0.717) is 5.57 Å². The molecule has 0 bridgehead atoms. The first-order valence-corrected chi connectivity index (χ1v) is 5.28. The molecule has 17 heavy (non-hydrogen) atoms. The predicted octanol–water partition coefficient (Wildman–Crippen LogP) is -0.550. The number of hydrogen-bond donors (Lipinski definition) is 3. The molecule has 0 spiro atoms. The second-order valence-electron chi connectivity index (χ2n) is 3.51. The molecule has 0 aromatic heterocycles. The van der Waals surface area contributed by atoms with Crippen molar-refractivity contribution in [1.29, 1.82) is 0 Å². The number of carbonyl (C=O) groups excluding carboxylic acids is 1. The van der Waals surface area contributed by atoms with Crippen LogP contribution in [0.3, 0.4) is 0 Å². The third kappa shape index (κ3) is 3.85. The summed E-state index contributed by atoms with van der Waals surface area (Å²) in [5, 5.41) is 27.7. The monoisotopic (exact) mass is 244 g/mol. The Morgan fingerprint density at radius 3 is 2.88 bits per heavy atom. The highest BCUT2D eigenvalue weighted by molar-refractivity contribution is 5.69. The van der Waals surface area contributed by atoms with Crippen LogP contribution in [0.15, 0.2) is 24.0 Å². The van der Waals surface area contributed by atoms with Crippen LogP contribution in [0.2, 0.25) is 0 Å². The maximum Gasteiger partial charge on any atom is 0.306 e. The van der Waals surface area contributed by atoms with E-state index < -0.39 is 31.1 Å². The molecule has 6 heteroatoms. The predicted molar refractivity (Wildman–Crippen MR) is 57.6 cm³/mol. The smallest absolute Gasteiger partial charge is 0.306 e. The highest BCUT2D eigenvalue weighted by Gasteiger charge is 2.27. The Hall–Kier alpha value is -1.37. The molecule has 1 aliphatic rings.